The van der Waals surface area contributed by atoms with E-state index in [0.717, 1.165) is 23.6 Å². The van der Waals surface area contributed by atoms with E-state index in [1.807, 2.05) is 29.2 Å². The van der Waals surface area contributed by atoms with E-state index in [1.165, 1.54) is 24.3 Å². The Labute approximate surface area is 226 Å². The molecule has 0 aliphatic carbocycles. The van der Waals surface area contributed by atoms with Gasteiger partial charge in [0.15, 0.2) is 0 Å². The first-order valence-corrected chi connectivity index (χ1v) is 11.7. The Hall–Kier alpha value is -4.91. The van der Waals surface area contributed by atoms with Gasteiger partial charge in [0.05, 0.1) is 33.8 Å². The summed E-state index contributed by atoms with van der Waals surface area (Å²) < 4.78 is 5.40. The van der Waals surface area contributed by atoms with Crippen LogP contribution in [0.4, 0.5) is 22.7 Å². The van der Waals surface area contributed by atoms with Crippen molar-refractivity contribution in [3.05, 3.63) is 97.0 Å². The summed E-state index contributed by atoms with van der Waals surface area (Å²) >= 11 is 5.46. The molecule has 0 atom stereocenters. The Balaban J connectivity index is 0.000000272. The molecule has 1 aliphatic rings. The number of piperazine rings is 1. The maximum Gasteiger partial charge on any atom is 0.335 e. The molecule has 3 aromatic carbocycles. The van der Waals surface area contributed by atoms with Gasteiger partial charge in [-0.05, 0) is 36.4 Å². The third-order valence-corrected chi connectivity index (χ3v) is 6.17. The van der Waals surface area contributed by atoms with Crippen LogP contribution >= 0.6 is 11.6 Å². The number of carboxylic acids is 2. The van der Waals surface area contributed by atoms with Gasteiger partial charge in [-0.25, -0.2) is 9.59 Å². The molecule has 13 nitrogen and oxygen atoms in total. The smallest absolute Gasteiger partial charge is 0.335 e. The van der Waals surface area contributed by atoms with Crippen LogP contribution in [0.1, 0.15) is 20.7 Å². The van der Waals surface area contributed by atoms with Gasteiger partial charge in [0, 0.05) is 38.3 Å². The predicted molar refractivity (Wildman–Crippen MR) is 143 cm³/mol. The molecule has 4 rings (SSSR count). The number of carbonyl (C=O) groups is 2. The number of nitro groups is 2. The topological polar surface area (TPSA) is 177 Å². The van der Waals surface area contributed by atoms with Crippen molar-refractivity contribution in [1.82, 2.24) is 0 Å². The number of halogens is 1. The summed E-state index contributed by atoms with van der Waals surface area (Å²) in [5.74, 6) is -1.61. The summed E-state index contributed by atoms with van der Waals surface area (Å²) in [5, 5.41) is 39.2. The van der Waals surface area contributed by atoms with Crippen molar-refractivity contribution < 1.29 is 34.4 Å². The zero-order chi connectivity index (χ0) is 28.7. The molecule has 14 heteroatoms. The van der Waals surface area contributed by atoms with Gasteiger partial charge in [-0.15, -0.1) is 0 Å². The Kier molecular flexibility index (Phi) is 9.23. The third kappa shape index (κ3) is 6.90. The van der Waals surface area contributed by atoms with Gasteiger partial charge in [0.2, 0.25) is 0 Å². The van der Waals surface area contributed by atoms with E-state index < -0.39 is 27.5 Å². The van der Waals surface area contributed by atoms with Crippen LogP contribution in [0.25, 0.3) is 0 Å². The Morgan fingerprint density at radius 2 is 1.28 bits per heavy atom. The molecule has 0 aromatic heterocycles. The second-order valence-electron chi connectivity index (χ2n) is 8.14. The molecule has 0 bridgehead atoms. The number of anilines is 2. The minimum Gasteiger partial charge on any atom is -0.495 e. The van der Waals surface area contributed by atoms with E-state index in [0.29, 0.717) is 31.9 Å². The fourth-order valence-electron chi connectivity index (χ4n) is 3.93. The number of carboxylic acid groups (broad SMARTS) is 2. The van der Waals surface area contributed by atoms with Gasteiger partial charge in [-0.2, -0.15) is 0 Å². The first-order chi connectivity index (χ1) is 18.5. The van der Waals surface area contributed by atoms with Crippen LogP contribution in [-0.2, 0) is 0 Å². The summed E-state index contributed by atoms with van der Waals surface area (Å²) in [6, 6.07) is 15.1. The molecule has 1 fully saturated rings. The highest BCUT2D eigenvalue weighted by atomic mass is 35.5. The maximum atomic E-state index is 11.4. The number of para-hydroxylation sites is 2. The van der Waals surface area contributed by atoms with Gasteiger partial charge in [-0.1, -0.05) is 23.7 Å². The number of aromatic carboxylic acids is 2. The van der Waals surface area contributed by atoms with E-state index in [-0.39, 0.29) is 21.8 Å². The number of nitro benzene ring substituents is 2. The lowest BCUT2D eigenvalue weighted by molar-refractivity contribution is -0.384. The fraction of sp³-hybridized carbons (Fsp3) is 0.200. The van der Waals surface area contributed by atoms with Gasteiger partial charge in [-0.3, -0.25) is 20.2 Å². The van der Waals surface area contributed by atoms with Crippen molar-refractivity contribution in [1.29, 1.82) is 0 Å². The molecule has 1 saturated heterocycles. The average Bonchev–Trinajstić information content (AvgIpc) is 2.93. The normalized spacial score (nSPS) is 12.7. The van der Waals surface area contributed by atoms with Gasteiger partial charge >= 0.3 is 11.9 Å². The maximum absolute atomic E-state index is 11.4. The average molecular weight is 559 g/mol. The largest absolute Gasteiger partial charge is 0.495 e. The van der Waals surface area contributed by atoms with E-state index >= 15 is 0 Å². The third-order valence-electron chi connectivity index (χ3n) is 5.86. The Morgan fingerprint density at radius 3 is 1.79 bits per heavy atom. The molecule has 2 N–H and O–H groups in total. The predicted octanol–water partition coefficient (Wildman–Crippen LogP) is 4.57. The minimum absolute atomic E-state index is 0.0741. The van der Waals surface area contributed by atoms with Crippen molar-refractivity contribution in [3.8, 4) is 5.75 Å². The highest BCUT2D eigenvalue weighted by Crippen LogP contribution is 2.33. The number of hydrogen-bond acceptors (Lipinski definition) is 9. The highest BCUT2D eigenvalue weighted by molar-refractivity contribution is 6.32. The number of benzene rings is 3. The molecule has 1 aliphatic heterocycles. The molecule has 0 radical (unpaired) electrons. The van der Waals surface area contributed by atoms with Gasteiger partial charge in [0.25, 0.3) is 11.4 Å². The number of ether oxygens (including phenoxy) is 1. The second-order valence-corrected chi connectivity index (χ2v) is 8.55. The summed E-state index contributed by atoms with van der Waals surface area (Å²) in [4.78, 5) is 46.0. The van der Waals surface area contributed by atoms with E-state index in [2.05, 4.69) is 4.90 Å². The molecule has 3 aromatic rings. The summed E-state index contributed by atoms with van der Waals surface area (Å²) in [6.45, 7) is 2.53. The lowest BCUT2D eigenvalue weighted by Gasteiger charge is -2.37. The van der Waals surface area contributed by atoms with Crippen LogP contribution in [0.5, 0.6) is 5.75 Å². The first-order valence-electron chi connectivity index (χ1n) is 11.3. The standard InChI is InChI=1S/C18H19N3O5.C7H4ClNO4/c1-26-17-5-3-2-4-15(17)20-10-8-19(9-11-20)14-7-6-13(18(22)23)12-16(14)21(24)25;8-5-2-1-4(7(10)11)3-6(5)9(12)13/h2-7,12H,8-11H2,1H3,(H,22,23);1-3H,(H,10,11). The fourth-order valence-corrected chi connectivity index (χ4v) is 4.12. The van der Waals surface area contributed by atoms with Crippen LogP contribution in [0, 0.1) is 20.2 Å². The molecule has 0 unspecified atom stereocenters. The van der Waals surface area contributed by atoms with Crippen LogP contribution < -0.4 is 14.5 Å². The lowest BCUT2D eigenvalue weighted by atomic mass is 10.1. The summed E-state index contributed by atoms with van der Waals surface area (Å²) in [6.07, 6.45) is 0. The van der Waals surface area contributed by atoms with Crippen molar-refractivity contribution in [2.24, 2.45) is 0 Å². The molecular weight excluding hydrogens is 536 g/mol. The monoisotopic (exact) mass is 558 g/mol. The van der Waals surface area contributed by atoms with Crippen molar-refractivity contribution in [2.45, 2.75) is 0 Å². The Morgan fingerprint density at radius 1 is 0.795 bits per heavy atom. The van der Waals surface area contributed by atoms with Crippen LogP contribution in [0.2, 0.25) is 5.02 Å². The van der Waals surface area contributed by atoms with E-state index in [1.54, 1.807) is 7.11 Å². The number of nitrogens with zero attached hydrogens (tertiary/aromatic N) is 4. The van der Waals surface area contributed by atoms with Crippen LogP contribution in [0.3, 0.4) is 0 Å². The second kappa shape index (κ2) is 12.6. The zero-order valence-electron chi connectivity index (χ0n) is 20.5. The number of hydrogen-bond donors (Lipinski definition) is 2. The van der Waals surface area contributed by atoms with Crippen LogP contribution in [-0.4, -0.2) is 65.3 Å². The molecular formula is C25H23ClN4O9. The first kappa shape index (κ1) is 28.7. The molecule has 39 heavy (non-hydrogen) atoms. The van der Waals surface area contributed by atoms with E-state index in [4.69, 9.17) is 26.6 Å². The van der Waals surface area contributed by atoms with Crippen molar-refractivity contribution in [3.63, 3.8) is 0 Å². The zero-order valence-corrected chi connectivity index (χ0v) is 21.3. The highest BCUT2D eigenvalue weighted by Gasteiger charge is 2.26. The van der Waals surface area contributed by atoms with Crippen LogP contribution in [0.15, 0.2) is 60.7 Å². The quantitative estimate of drug-likeness (QED) is 0.306. The molecule has 0 amide bonds. The molecule has 0 spiro atoms. The minimum atomic E-state index is -1.22. The number of rotatable bonds is 7. The SMILES string of the molecule is COc1ccccc1N1CCN(c2ccc(C(=O)O)cc2[N+](=O)[O-])CC1.O=C(O)c1ccc(Cl)c([N+](=O)[O-])c1. The molecule has 0 saturated carbocycles. The van der Waals surface area contributed by atoms with E-state index in [9.17, 15) is 29.8 Å². The Bertz CT molecular complexity index is 1410. The molecule has 204 valence electrons. The van der Waals surface area contributed by atoms with Crippen molar-refractivity contribution in [2.75, 3.05) is 43.1 Å². The number of methoxy groups -OCH3 is 1. The van der Waals surface area contributed by atoms with Crippen molar-refractivity contribution >= 4 is 46.3 Å². The summed E-state index contributed by atoms with van der Waals surface area (Å²) in [5.41, 5.74) is 0.603. The van der Waals surface area contributed by atoms with Gasteiger partial charge in [0.1, 0.15) is 16.5 Å². The molecule has 1 heterocycles. The lowest BCUT2D eigenvalue weighted by Crippen LogP contribution is -2.46. The van der Waals surface area contributed by atoms with Gasteiger partial charge < -0.3 is 24.7 Å². The summed E-state index contributed by atoms with van der Waals surface area (Å²) in [7, 11) is 1.63.